The molecule has 1 aromatic rings. The van der Waals surface area contributed by atoms with Crippen LogP contribution in [-0.2, 0) is 15.7 Å². The number of hydrogen-bond donors (Lipinski definition) is 2. The van der Waals surface area contributed by atoms with Crippen LogP contribution in [0.4, 0.5) is 18.9 Å². The fourth-order valence-electron chi connectivity index (χ4n) is 2.29. The molecule has 1 aliphatic rings. The van der Waals surface area contributed by atoms with E-state index in [0.29, 0.717) is 6.54 Å². The Hall–Kier alpha value is -1.47. The van der Waals surface area contributed by atoms with Gasteiger partial charge < -0.3 is 15.4 Å². The maximum absolute atomic E-state index is 12.7. The monoisotopic (exact) mass is 350 g/mol. The van der Waals surface area contributed by atoms with Gasteiger partial charge in [0.15, 0.2) is 0 Å². The van der Waals surface area contributed by atoms with Crippen LogP contribution in [0.25, 0.3) is 0 Å². The molecule has 0 saturated carbocycles. The summed E-state index contributed by atoms with van der Waals surface area (Å²) in [5, 5.41) is 5.19. The first-order valence-corrected chi connectivity index (χ1v) is 7.73. The van der Waals surface area contributed by atoms with E-state index in [1.807, 2.05) is 0 Å². The van der Waals surface area contributed by atoms with Gasteiger partial charge in [0, 0.05) is 31.8 Å². The minimum absolute atomic E-state index is 0.0671. The van der Waals surface area contributed by atoms with Gasteiger partial charge in [0.1, 0.15) is 0 Å². The van der Waals surface area contributed by atoms with Gasteiger partial charge in [-0.15, -0.1) is 0 Å². The quantitative estimate of drug-likeness (QED) is 0.826. The summed E-state index contributed by atoms with van der Waals surface area (Å²) in [7, 11) is 0. The third-order valence-corrected chi connectivity index (χ3v) is 3.83. The fourth-order valence-corrected chi connectivity index (χ4v) is 2.52. The number of ether oxygens (including phenoxy) is 1. The SMILES string of the molecule is O=C(CCNc1ccc(Cl)c(C(F)(F)F)c1)NCC1CCCO1. The molecular weight excluding hydrogens is 333 g/mol. The molecule has 1 saturated heterocycles. The number of alkyl halides is 3. The normalized spacial score (nSPS) is 18.0. The number of amides is 1. The van der Waals surface area contributed by atoms with Gasteiger partial charge in [0.05, 0.1) is 16.7 Å². The third-order valence-electron chi connectivity index (χ3n) is 3.50. The van der Waals surface area contributed by atoms with E-state index < -0.39 is 11.7 Å². The van der Waals surface area contributed by atoms with Crippen molar-refractivity contribution in [2.24, 2.45) is 0 Å². The molecule has 0 aliphatic carbocycles. The van der Waals surface area contributed by atoms with E-state index in [0.717, 1.165) is 25.5 Å². The molecule has 1 aromatic carbocycles. The fraction of sp³-hybridized carbons (Fsp3) is 0.533. The molecule has 1 atom stereocenters. The van der Waals surface area contributed by atoms with Crippen LogP contribution in [0.5, 0.6) is 0 Å². The first-order valence-electron chi connectivity index (χ1n) is 7.35. The van der Waals surface area contributed by atoms with Gasteiger partial charge in [0.25, 0.3) is 0 Å². The Kier molecular flexibility index (Phi) is 6.12. The zero-order chi connectivity index (χ0) is 16.9. The summed E-state index contributed by atoms with van der Waals surface area (Å²) in [5.41, 5.74) is -0.624. The van der Waals surface area contributed by atoms with Crippen molar-refractivity contribution >= 4 is 23.2 Å². The molecule has 1 aliphatic heterocycles. The van der Waals surface area contributed by atoms with Crippen molar-refractivity contribution in [3.8, 4) is 0 Å². The van der Waals surface area contributed by atoms with Crippen LogP contribution < -0.4 is 10.6 Å². The van der Waals surface area contributed by atoms with Crippen LogP contribution >= 0.6 is 11.6 Å². The summed E-state index contributed by atoms with van der Waals surface area (Å²) in [4.78, 5) is 11.7. The Labute approximate surface area is 137 Å². The Balaban J connectivity index is 1.76. The van der Waals surface area contributed by atoms with Crippen molar-refractivity contribution in [3.63, 3.8) is 0 Å². The Morgan fingerprint density at radius 2 is 2.17 bits per heavy atom. The highest BCUT2D eigenvalue weighted by Gasteiger charge is 2.33. The third kappa shape index (κ3) is 5.58. The van der Waals surface area contributed by atoms with Gasteiger partial charge in [-0.1, -0.05) is 11.6 Å². The van der Waals surface area contributed by atoms with E-state index in [4.69, 9.17) is 16.3 Å². The molecule has 0 spiro atoms. The molecule has 23 heavy (non-hydrogen) atoms. The van der Waals surface area contributed by atoms with Crippen LogP contribution in [0, 0.1) is 0 Å². The van der Waals surface area contributed by atoms with E-state index >= 15 is 0 Å². The highest BCUT2D eigenvalue weighted by Crippen LogP contribution is 2.36. The first kappa shape index (κ1) is 17.9. The highest BCUT2D eigenvalue weighted by atomic mass is 35.5. The number of nitrogens with one attached hydrogen (secondary N) is 2. The number of rotatable bonds is 6. The van der Waals surface area contributed by atoms with E-state index in [1.165, 1.54) is 12.1 Å². The molecule has 1 unspecified atom stereocenters. The van der Waals surface area contributed by atoms with Gasteiger partial charge >= 0.3 is 6.18 Å². The van der Waals surface area contributed by atoms with E-state index in [1.54, 1.807) is 0 Å². The zero-order valence-electron chi connectivity index (χ0n) is 12.4. The number of hydrogen-bond acceptors (Lipinski definition) is 3. The molecule has 0 aromatic heterocycles. The number of carbonyl (C=O) groups excluding carboxylic acids is 1. The molecule has 2 rings (SSSR count). The summed E-state index contributed by atoms with van der Waals surface area (Å²) >= 11 is 5.55. The molecule has 1 heterocycles. The van der Waals surface area contributed by atoms with Crippen molar-refractivity contribution < 1.29 is 22.7 Å². The Bertz CT molecular complexity index is 546. The zero-order valence-corrected chi connectivity index (χ0v) is 13.1. The number of anilines is 1. The van der Waals surface area contributed by atoms with Crippen molar-refractivity contribution in [3.05, 3.63) is 28.8 Å². The molecule has 1 fully saturated rings. The topological polar surface area (TPSA) is 50.4 Å². The van der Waals surface area contributed by atoms with Gasteiger partial charge in [-0.3, -0.25) is 4.79 Å². The van der Waals surface area contributed by atoms with E-state index in [-0.39, 0.29) is 35.7 Å². The standard InChI is InChI=1S/C15H18ClF3N2O2/c16-13-4-3-10(8-12(13)15(17,18)19)20-6-5-14(22)21-9-11-2-1-7-23-11/h3-4,8,11,20H,1-2,5-7,9H2,(H,21,22). The number of carbonyl (C=O) groups is 1. The van der Waals surface area contributed by atoms with Crippen LogP contribution in [0.1, 0.15) is 24.8 Å². The Morgan fingerprint density at radius 1 is 1.39 bits per heavy atom. The summed E-state index contributed by atoms with van der Waals surface area (Å²) in [6.45, 7) is 1.43. The number of halogens is 4. The largest absolute Gasteiger partial charge is 0.417 e. The predicted octanol–water partition coefficient (Wildman–Crippen LogP) is 3.46. The van der Waals surface area contributed by atoms with Gasteiger partial charge in [0.2, 0.25) is 5.91 Å². The smallest absolute Gasteiger partial charge is 0.385 e. The molecule has 0 radical (unpaired) electrons. The van der Waals surface area contributed by atoms with E-state index in [2.05, 4.69) is 10.6 Å². The Morgan fingerprint density at radius 3 is 2.83 bits per heavy atom. The predicted molar refractivity (Wildman–Crippen MR) is 81.5 cm³/mol. The molecule has 8 heteroatoms. The lowest BCUT2D eigenvalue weighted by atomic mass is 10.2. The average Bonchev–Trinajstić information content (AvgIpc) is 2.99. The average molecular weight is 351 g/mol. The lowest BCUT2D eigenvalue weighted by Gasteiger charge is -2.13. The van der Waals surface area contributed by atoms with Gasteiger partial charge in [-0.2, -0.15) is 13.2 Å². The summed E-state index contributed by atoms with van der Waals surface area (Å²) < 4.78 is 43.6. The second-order valence-corrected chi connectivity index (χ2v) is 5.72. The van der Waals surface area contributed by atoms with E-state index in [9.17, 15) is 18.0 Å². The maximum atomic E-state index is 12.7. The number of benzene rings is 1. The van der Waals surface area contributed by atoms with Crippen molar-refractivity contribution in [1.82, 2.24) is 5.32 Å². The van der Waals surface area contributed by atoms with Crippen LogP contribution in [-0.4, -0.2) is 31.7 Å². The van der Waals surface area contributed by atoms with Crippen LogP contribution in [0.15, 0.2) is 18.2 Å². The summed E-state index contributed by atoms with van der Waals surface area (Å²) in [5.74, 6) is -0.169. The molecule has 0 bridgehead atoms. The van der Waals surface area contributed by atoms with Crippen LogP contribution in [0.2, 0.25) is 5.02 Å². The molecule has 1 amide bonds. The minimum atomic E-state index is -4.51. The molecular formula is C15H18ClF3N2O2. The molecule has 4 nitrogen and oxygen atoms in total. The molecule has 2 N–H and O–H groups in total. The second-order valence-electron chi connectivity index (χ2n) is 5.31. The molecule has 128 valence electrons. The van der Waals surface area contributed by atoms with Crippen molar-refractivity contribution in [1.29, 1.82) is 0 Å². The lowest BCUT2D eigenvalue weighted by Crippen LogP contribution is -2.32. The second kappa shape index (κ2) is 7.88. The lowest BCUT2D eigenvalue weighted by molar-refractivity contribution is -0.137. The minimum Gasteiger partial charge on any atom is -0.385 e. The van der Waals surface area contributed by atoms with Crippen molar-refractivity contribution in [2.75, 3.05) is 25.0 Å². The first-order chi connectivity index (χ1) is 10.9. The van der Waals surface area contributed by atoms with Crippen molar-refractivity contribution in [2.45, 2.75) is 31.5 Å². The maximum Gasteiger partial charge on any atom is 0.417 e. The van der Waals surface area contributed by atoms with Gasteiger partial charge in [-0.05, 0) is 31.0 Å². The summed E-state index contributed by atoms with van der Waals surface area (Å²) in [6, 6.07) is 3.57. The van der Waals surface area contributed by atoms with Gasteiger partial charge in [-0.25, -0.2) is 0 Å². The highest BCUT2D eigenvalue weighted by molar-refractivity contribution is 6.31. The van der Waals surface area contributed by atoms with Crippen LogP contribution in [0.3, 0.4) is 0 Å². The summed E-state index contributed by atoms with van der Waals surface area (Å²) in [6.07, 6.45) is -2.34.